The van der Waals surface area contributed by atoms with Gasteiger partial charge in [-0.1, -0.05) is 30.3 Å². The zero-order chi connectivity index (χ0) is 20.4. The number of anilines is 1. The van der Waals surface area contributed by atoms with E-state index in [1.807, 2.05) is 41.8 Å². The van der Waals surface area contributed by atoms with Gasteiger partial charge >= 0.3 is 5.97 Å². The molecule has 0 atom stereocenters. The van der Waals surface area contributed by atoms with E-state index in [1.54, 1.807) is 36.6 Å². The summed E-state index contributed by atoms with van der Waals surface area (Å²) in [6.07, 6.45) is 1.61. The molecule has 2 aromatic carbocycles. The first kappa shape index (κ1) is 18.6. The molecule has 0 radical (unpaired) electrons. The standard InChI is InChI=1S/C23H20N2O4/c1-15-6-3-4-7-17(15)14-25-19-10-11-29-21(19)13-20(25)22(26)24-18-9-5-8-16(12-18)23(27)28-2/h3-13H,14H2,1-2H3,(H,24,26). The molecule has 6 heteroatoms. The molecule has 2 heterocycles. The monoisotopic (exact) mass is 388 g/mol. The molecule has 0 bridgehead atoms. The number of amides is 1. The number of carbonyl (C=O) groups excluding carboxylic acids is 2. The molecule has 0 unspecified atom stereocenters. The Morgan fingerprint density at radius 3 is 2.69 bits per heavy atom. The van der Waals surface area contributed by atoms with Crippen molar-refractivity contribution in [1.82, 2.24) is 4.57 Å². The first-order valence-corrected chi connectivity index (χ1v) is 9.18. The first-order chi connectivity index (χ1) is 14.1. The average molecular weight is 388 g/mol. The largest absolute Gasteiger partial charge is 0.465 e. The minimum Gasteiger partial charge on any atom is -0.465 e. The smallest absolute Gasteiger partial charge is 0.337 e. The Balaban J connectivity index is 1.67. The number of nitrogens with zero attached hydrogens (tertiary/aromatic N) is 1. The Labute approximate surface area is 167 Å². The maximum absolute atomic E-state index is 13.0. The topological polar surface area (TPSA) is 73.5 Å². The van der Waals surface area contributed by atoms with E-state index >= 15 is 0 Å². The molecular formula is C23H20N2O4. The van der Waals surface area contributed by atoms with Crippen LogP contribution in [0.4, 0.5) is 5.69 Å². The molecule has 29 heavy (non-hydrogen) atoms. The zero-order valence-electron chi connectivity index (χ0n) is 16.1. The lowest BCUT2D eigenvalue weighted by atomic mass is 10.1. The number of esters is 1. The van der Waals surface area contributed by atoms with Gasteiger partial charge in [-0.15, -0.1) is 0 Å². The summed E-state index contributed by atoms with van der Waals surface area (Å²) in [5.74, 6) is -0.742. The second-order valence-electron chi connectivity index (χ2n) is 6.74. The van der Waals surface area contributed by atoms with Crippen molar-refractivity contribution in [2.24, 2.45) is 0 Å². The number of hydrogen-bond acceptors (Lipinski definition) is 4. The molecular weight excluding hydrogens is 368 g/mol. The van der Waals surface area contributed by atoms with Crippen molar-refractivity contribution in [3.8, 4) is 0 Å². The number of benzene rings is 2. The highest BCUT2D eigenvalue weighted by atomic mass is 16.5. The number of furan rings is 1. The van der Waals surface area contributed by atoms with E-state index in [0.717, 1.165) is 16.6 Å². The number of nitrogens with one attached hydrogen (secondary N) is 1. The average Bonchev–Trinajstić information content (AvgIpc) is 3.32. The molecule has 6 nitrogen and oxygen atoms in total. The van der Waals surface area contributed by atoms with Crippen LogP contribution in [0.3, 0.4) is 0 Å². The van der Waals surface area contributed by atoms with E-state index in [-0.39, 0.29) is 5.91 Å². The van der Waals surface area contributed by atoms with E-state index in [0.29, 0.717) is 29.1 Å². The van der Waals surface area contributed by atoms with Crippen molar-refractivity contribution in [3.05, 3.63) is 89.3 Å². The highest BCUT2D eigenvalue weighted by molar-refractivity contribution is 6.06. The Kier molecular flexibility index (Phi) is 4.91. The summed E-state index contributed by atoms with van der Waals surface area (Å²) in [7, 11) is 1.32. The van der Waals surface area contributed by atoms with Crippen molar-refractivity contribution in [2.45, 2.75) is 13.5 Å². The summed E-state index contributed by atoms with van der Waals surface area (Å²) in [6.45, 7) is 2.59. The predicted molar refractivity (Wildman–Crippen MR) is 110 cm³/mol. The molecule has 146 valence electrons. The van der Waals surface area contributed by atoms with E-state index in [2.05, 4.69) is 5.32 Å². The van der Waals surface area contributed by atoms with E-state index in [4.69, 9.17) is 9.15 Å². The van der Waals surface area contributed by atoms with Crippen LogP contribution in [0.1, 0.15) is 32.0 Å². The van der Waals surface area contributed by atoms with Crippen LogP contribution < -0.4 is 5.32 Å². The van der Waals surface area contributed by atoms with Crippen LogP contribution in [0.15, 0.2) is 71.3 Å². The third-order valence-corrected chi connectivity index (χ3v) is 4.89. The van der Waals surface area contributed by atoms with Gasteiger partial charge in [-0.2, -0.15) is 0 Å². The van der Waals surface area contributed by atoms with Crippen LogP contribution in [-0.4, -0.2) is 23.6 Å². The number of rotatable bonds is 5. The molecule has 1 amide bonds. The van der Waals surface area contributed by atoms with Gasteiger partial charge in [0.25, 0.3) is 5.91 Å². The van der Waals surface area contributed by atoms with Crippen LogP contribution >= 0.6 is 0 Å². The second-order valence-corrected chi connectivity index (χ2v) is 6.74. The minimum atomic E-state index is -0.457. The van der Waals surface area contributed by atoms with Crippen molar-refractivity contribution in [2.75, 3.05) is 12.4 Å². The highest BCUT2D eigenvalue weighted by Crippen LogP contribution is 2.24. The zero-order valence-corrected chi connectivity index (χ0v) is 16.1. The van der Waals surface area contributed by atoms with Gasteiger partial charge in [-0.25, -0.2) is 4.79 Å². The van der Waals surface area contributed by atoms with Gasteiger partial charge in [0.05, 0.1) is 24.5 Å². The highest BCUT2D eigenvalue weighted by Gasteiger charge is 2.19. The molecule has 0 fully saturated rings. The van der Waals surface area contributed by atoms with Gasteiger partial charge in [-0.05, 0) is 36.2 Å². The fourth-order valence-electron chi connectivity index (χ4n) is 3.33. The Hall–Kier alpha value is -3.80. The van der Waals surface area contributed by atoms with Crippen LogP contribution in [-0.2, 0) is 11.3 Å². The summed E-state index contributed by atoms with van der Waals surface area (Å²) >= 11 is 0. The second kappa shape index (κ2) is 7.67. The summed E-state index contributed by atoms with van der Waals surface area (Å²) in [4.78, 5) is 24.8. The predicted octanol–water partition coefficient (Wildman–Crippen LogP) is 4.63. The van der Waals surface area contributed by atoms with Gasteiger partial charge in [0.1, 0.15) is 5.69 Å². The quantitative estimate of drug-likeness (QED) is 0.506. The number of ether oxygens (including phenoxy) is 1. The SMILES string of the molecule is COC(=O)c1cccc(NC(=O)c2cc3occc3n2Cc2ccccc2C)c1. The number of methoxy groups -OCH3 is 1. The summed E-state index contributed by atoms with van der Waals surface area (Å²) in [5.41, 5.74) is 5.12. The van der Waals surface area contributed by atoms with Crippen LogP contribution in [0, 0.1) is 6.92 Å². The van der Waals surface area contributed by atoms with Crippen molar-refractivity contribution < 1.29 is 18.7 Å². The molecule has 0 saturated carbocycles. The molecule has 0 aliphatic carbocycles. The molecule has 1 N–H and O–H groups in total. The number of aryl methyl sites for hydroxylation is 1. The van der Waals surface area contributed by atoms with Gasteiger partial charge in [-0.3, -0.25) is 4.79 Å². The number of aromatic nitrogens is 1. The van der Waals surface area contributed by atoms with Crippen molar-refractivity contribution in [3.63, 3.8) is 0 Å². The van der Waals surface area contributed by atoms with Gasteiger partial charge in [0, 0.05) is 24.4 Å². The van der Waals surface area contributed by atoms with Crippen molar-refractivity contribution in [1.29, 1.82) is 0 Å². The van der Waals surface area contributed by atoms with E-state index < -0.39 is 5.97 Å². The molecule has 0 aliphatic rings. The third kappa shape index (κ3) is 3.65. The Morgan fingerprint density at radius 2 is 1.90 bits per heavy atom. The molecule has 2 aromatic heterocycles. The summed E-state index contributed by atoms with van der Waals surface area (Å²) in [5, 5.41) is 2.86. The molecule has 0 spiro atoms. The fraction of sp³-hybridized carbons (Fsp3) is 0.130. The van der Waals surface area contributed by atoms with Crippen molar-refractivity contribution >= 4 is 28.7 Å². The summed E-state index contributed by atoms with van der Waals surface area (Å²) < 4.78 is 12.2. The maximum Gasteiger partial charge on any atom is 0.337 e. The fourth-order valence-corrected chi connectivity index (χ4v) is 3.33. The lowest BCUT2D eigenvalue weighted by molar-refractivity contribution is 0.0600. The molecule has 0 aliphatic heterocycles. The van der Waals surface area contributed by atoms with Gasteiger partial charge in [0.2, 0.25) is 0 Å². The Bertz CT molecular complexity index is 1200. The first-order valence-electron chi connectivity index (χ1n) is 9.18. The number of fused-ring (bicyclic) bond motifs is 1. The summed E-state index contributed by atoms with van der Waals surface area (Å²) in [6, 6.07) is 18.3. The molecule has 4 aromatic rings. The third-order valence-electron chi connectivity index (χ3n) is 4.89. The Morgan fingerprint density at radius 1 is 1.07 bits per heavy atom. The van der Waals surface area contributed by atoms with Crippen LogP contribution in [0.5, 0.6) is 0 Å². The van der Waals surface area contributed by atoms with Gasteiger partial charge < -0.3 is 19.0 Å². The number of hydrogen-bond donors (Lipinski definition) is 1. The molecule has 0 saturated heterocycles. The minimum absolute atomic E-state index is 0.285. The maximum atomic E-state index is 13.0. The van der Waals surface area contributed by atoms with E-state index in [1.165, 1.54) is 7.11 Å². The van der Waals surface area contributed by atoms with Gasteiger partial charge in [0.15, 0.2) is 5.58 Å². The lowest BCUT2D eigenvalue weighted by Gasteiger charge is -2.12. The van der Waals surface area contributed by atoms with Crippen LogP contribution in [0.2, 0.25) is 0 Å². The van der Waals surface area contributed by atoms with E-state index in [9.17, 15) is 9.59 Å². The normalized spacial score (nSPS) is 10.8. The molecule has 4 rings (SSSR count). The van der Waals surface area contributed by atoms with Crippen LogP contribution in [0.25, 0.3) is 11.1 Å². The number of carbonyl (C=O) groups is 2. The lowest BCUT2D eigenvalue weighted by Crippen LogP contribution is -2.18.